The highest BCUT2D eigenvalue weighted by atomic mass is 16.3. The van der Waals surface area contributed by atoms with Crippen LogP contribution in [0.15, 0.2) is 0 Å². The summed E-state index contributed by atoms with van der Waals surface area (Å²) in [5.74, 6) is -1.90. The third-order valence-corrected chi connectivity index (χ3v) is 4.96. The van der Waals surface area contributed by atoms with Gasteiger partial charge in [0.25, 0.3) is 0 Å². The van der Waals surface area contributed by atoms with Crippen molar-refractivity contribution in [3.05, 3.63) is 0 Å². The van der Waals surface area contributed by atoms with Gasteiger partial charge in [-0.25, -0.2) is 0 Å². The van der Waals surface area contributed by atoms with Crippen LogP contribution in [-0.2, 0) is 19.2 Å². The molecule has 2 aliphatic rings. The molecule has 0 saturated carbocycles. The van der Waals surface area contributed by atoms with Crippen molar-refractivity contribution in [3.63, 3.8) is 0 Å². The average molecular weight is 355 g/mol. The first-order chi connectivity index (χ1) is 11.7. The summed E-state index contributed by atoms with van der Waals surface area (Å²) in [7, 11) is 0. The lowest BCUT2D eigenvalue weighted by atomic mass is 9.71. The Balaban J connectivity index is 2.05. The fourth-order valence-corrected chi connectivity index (χ4v) is 3.60. The van der Waals surface area contributed by atoms with E-state index in [1.807, 2.05) is 0 Å². The Morgan fingerprint density at radius 1 is 1.24 bits per heavy atom. The quantitative estimate of drug-likeness (QED) is 0.351. The number of piperidine rings is 1. The highest BCUT2D eigenvalue weighted by Crippen LogP contribution is 2.42. The standard InChI is InChI=1S/C15H25N5O5/c16-9(6-21)13(24)19-5-1-4-15(7-19)8-20(14(15)25)10(12(18)23)2-3-11(17)22/h9-10,21H,1-8,16H2,(H2,17,22)(H2,18,23)/t9-,10-,15?/m0/s1. The smallest absolute Gasteiger partial charge is 0.241 e. The van der Waals surface area contributed by atoms with Crippen molar-refractivity contribution < 1.29 is 24.3 Å². The van der Waals surface area contributed by atoms with Crippen molar-refractivity contribution in [3.8, 4) is 0 Å². The Kier molecular flexibility index (Phi) is 5.63. The molecule has 10 heteroatoms. The van der Waals surface area contributed by atoms with Gasteiger partial charge in [0.2, 0.25) is 23.6 Å². The molecule has 2 fully saturated rings. The monoisotopic (exact) mass is 355 g/mol. The Hall–Kier alpha value is -2.20. The van der Waals surface area contributed by atoms with Gasteiger partial charge in [0, 0.05) is 26.1 Å². The van der Waals surface area contributed by atoms with Gasteiger partial charge >= 0.3 is 0 Å². The average Bonchev–Trinajstić information content (AvgIpc) is 2.59. The van der Waals surface area contributed by atoms with Crippen LogP contribution in [0.1, 0.15) is 25.7 Å². The molecule has 0 aromatic rings. The highest BCUT2D eigenvalue weighted by molar-refractivity contribution is 5.95. The lowest BCUT2D eigenvalue weighted by molar-refractivity contribution is -0.175. The second kappa shape index (κ2) is 7.36. The summed E-state index contributed by atoms with van der Waals surface area (Å²) in [6.45, 7) is 0.508. The van der Waals surface area contributed by atoms with Crippen molar-refractivity contribution in [2.45, 2.75) is 37.8 Å². The number of hydrogen-bond acceptors (Lipinski definition) is 6. The molecule has 10 nitrogen and oxygen atoms in total. The Bertz CT molecular complexity index is 583. The number of hydrogen-bond donors (Lipinski definition) is 4. The van der Waals surface area contributed by atoms with Crippen LogP contribution in [0.2, 0.25) is 0 Å². The first-order valence-corrected chi connectivity index (χ1v) is 8.26. The van der Waals surface area contributed by atoms with E-state index in [-0.39, 0.29) is 31.8 Å². The number of primary amides is 2. The largest absolute Gasteiger partial charge is 0.394 e. The van der Waals surface area contributed by atoms with Gasteiger partial charge in [-0.1, -0.05) is 0 Å². The molecule has 7 N–H and O–H groups in total. The van der Waals surface area contributed by atoms with E-state index < -0.39 is 41.8 Å². The number of β-lactam (4-membered cyclic amide) rings is 1. The lowest BCUT2D eigenvalue weighted by Gasteiger charge is -2.55. The van der Waals surface area contributed by atoms with Crippen LogP contribution in [0.4, 0.5) is 0 Å². The predicted octanol–water partition coefficient (Wildman–Crippen LogP) is -3.12. The van der Waals surface area contributed by atoms with Crippen LogP contribution in [0.3, 0.4) is 0 Å². The molecule has 2 saturated heterocycles. The number of aliphatic hydroxyl groups is 1. The van der Waals surface area contributed by atoms with Crippen molar-refractivity contribution in [1.82, 2.24) is 9.80 Å². The minimum absolute atomic E-state index is 0.0413. The predicted molar refractivity (Wildman–Crippen MR) is 86.4 cm³/mol. The van der Waals surface area contributed by atoms with E-state index >= 15 is 0 Å². The number of nitrogens with zero attached hydrogens (tertiary/aromatic N) is 2. The normalized spacial score (nSPS) is 25.4. The first-order valence-electron chi connectivity index (χ1n) is 8.26. The molecule has 0 radical (unpaired) electrons. The number of rotatable bonds is 7. The maximum absolute atomic E-state index is 12.7. The molecule has 4 amide bonds. The van der Waals surface area contributed by atoms with Crippen LogP contribution in [0, 0.1) is 5.41 Å². The van der Waals surface area contributed by atoms with Crippen LogP contribution < -0.4 is 17.2 Å². The zero-order valence-electron chi connectivity index (χ0n) is 14.0. The Labute approximate surface area is 145 Å². The van der Waals surface area contributed by atoms with Gasteiger partial charge in [0.1, 0.15) is 12.1 Å². The topological polar surface area (TPSA) is 173 Å². The van der Waals surface area contributed by atoms with Crippen molar-refractivity contribution >= 4 is 23.6 Å². The Morgan fingerprint density at radius 3 is 2.44 bits per heavy atom. The molecule has 140 valence electrons. The minimum Gasteiger partial charge on any atom is -0.394 e. The summed E-state index contributed by atoms with van der Waals surface area (Å²) in [5, 5.41) is 9.03. The molecule has 3 atom stereocenters. The summed E-state index contributed by atoms with van der Waals surface area (Å²) in [6.07, 6.45) is 1.28. The number of carbonyl (C=O) groups excluding carboxylic acids is 4. The van der Waals surface area contributed by atoms with E-state index in [0.29, 0.717) is 19.4 Å². The number of carbonyl (C=O) groups is 4. The molecule has 25 heavy (non-hydrogen) atoms. The molecule has 1 spiro atoms. The van der Waals surface area contributed by atoms with Crippen molar-refractivity contribution in [1.29, 1.82) is 0 Å². The van der Waals surface area contributed by atoms with E-state index in [0.717, 1.165) is 0 Å². The van der Waals surface area contributed by atoms with Gasteiger partial charge < -0.3 is 32.1 Å². The van der Waals surface area contributed by atoms with Crippen LogP contribution in [0.25, 0.3) is 0 Å². The van der Waals surface area contributed by atoms with E-state index in [1.165, 1.54) is 9.80 Å². The number of amides is 4. The fourth-order valence-electron chi connectivity index (χ4n) is 3.60. The number of nitrogens with two attached hydrogens (primary N) is 3. The summed E-state index contributed by atoms with van der Waals surface area (Å²) in [5.41, 5.74) is 15.3. The van der Waals surface area contributed by atoms with Crippen LogP contribution >= 0.6 is 0 Å². The molecular formula is C15H25N5O5. The van der Waals surface area contributed by atoms with Crippen LogP contribution in [-0.4, -0.2) is 76.9 Å². The summed E-state index contributed by atoms with van der Waals surface area (Å²) < 4.78 is 0. The second-order valence-electron chi connectivity index (χ2n) is 6.79. The summed E-state index contributed by atoms with van der Waals surface area (Å²) >= 11 is 0. The minimum atomic E-state index is -1.00. The number of aliphatic hydroxyl groups excluding tert-OH is 1. The van der Waals surface area contributed by atoms with E-state index in [1.54, 1.807) is 0 Å². The van der Waals surface area contributed by atoms with Gasteiger partial charge in [-0.05, 0) is 19.3 Å². The van der Waals surface area contributed by atoms with E-state index in [4.69, 9.17) is 22.3 Å². The molecule has 1 unspecified atom stereocenters. The van der Waals surface area contributed by atoms with Gasteiger partial charge in [-0.3, -0.25) is 19.2 Å². The third-order valence-electron chi connectivity index (χ3n) is 4.96. The molecule has 0 bridgehead atoms. The first kappa shape index (κ1) is 19.1. The van der Waals surface area contributed by atoms with Gasteiger partial charge in [0.15, 0.2) is 0 Å². The lowest BCUT2D eigenvalue weighted by Crippen LogP contribution is -2.71. The van der Waals surface area contributed by atoms with Crippen molar-refractivity contribution in [2.24, 2.45) is 22.6 Å². The maximum Gasteiger partial charge on any atom is 0.241 e. The zero-order valence-corrected chi connectivity index (χ0v) is 14.0. The van der Waals surface area contributed by atoms with Crippen molar-refractivity contribution in [2.75, 3.05) is 26.2 Å². The zero-order chi connectivity index (χ0) is 18.8. The SMILES string of the molecule is NC(=O)CC[C@@H](C(N)=O)N1CC2(CCCN(C(=O)[C@@H](N)CO)C2)C1=O. The molecule has 2 rings (SSSR count). The molecule has 2 aliphatic heterocycles. The van der Waals surface area contributed by atoms with E-state index in [2.05, 4.69) is 0 Å². The third kappa shape index (κ3) is 3.74. The van der Waals surface area contributed by atoms with Gasteiger partial charge in [0.05, 0.1) is 12.0 Å². The molecule has 0 aliphatic carbocycles. The molecule has 0 aromatic heterocycles. The number of likely N-dealkylation sites (tertiary alicyclic amines) is 2. The molecule has 2 heterocycles. The van der Waals surface area contributed by atoms with E-state index in [9.17, 15) is 19.2 Å². The van der Waals surface area contributed by atoms with Gasteiger partial charge in [-0.15, -0.1) is 0 Å². The summed E-state index contributed by atoms with van der Waals surface area (Å²) in [4.78, 5) is 50.3. The molecular weight excluding hydrogens is 330 g/mol. The highest BCUT2D eigenvalue weighted by Gasteiger charge is 2.56. The second-order valence-corrected chi connectivity index (χ2v) is 6.79. The Morgan fingerprint density at radius 2 is 1.92 bits per heavy atom. The van der Waals surface area contributed by atoms with Crippen LogP contribution in [0.5, 0.6) is 0 Å². The van der Waals surface area contributed by atoms with Gasteiger partial charge in [-0.2, -0.15) is 0 Å². The molecule has 0 aromatic carbocycles. The fraction of sp³-hybridized carbons (Fsp3) is 0.733. The summed E-state index contributed by atoms with van der Waals surface area (Å²) in [6, 6.07) is -1.88. The maximum atomic E-state index is 12.7.